The van der Waals surface area contributed by atoms with Crippen LogP contribution in [-0.4, -0.2) is 36.3 Å². The first kappa shape index (κ1) is 17.6. The lowest BCUT2D eigenvalue weighted by Crippen LogP contribution is -2.44. The first-order valence-corrected chi connectivity index (χ1v) is 5.15. The smallest absolute Gasteiger partial charge is 0.237 e. The van der Waals surface area contributed by atoms with Crippen LogP contribution < -0.4 is 11.5 Å². The van der Waals surface area contributed by atoms with Crippen molar-refractivity contribution >= 4 is 24.2 Å². The van der Waals surface area contributed by atoms with E-state index in [4.69, 9.17) is 11.5 Å². The molecular formula is C10H22ClN3O2. The second kappa shape index (κ2) is 8.35. The van der Waals surface area contributed by atoms with E-state index in [1.54, 1.807) is 6.92 Å². The van der Waals surface area contributed by atoms with Gasteiger partial charge in [-0.15, -0.1) is 12.4 Å². The maximum atomic E-state index is 11.8. The molecule has 0 heterocycles. The highest BCUT2D eigenvalue weighted by molar-refractivity contribution is 5.85. The van der Waals surface area contributed by atoms with Gasteiger partial charge in [0, 0.05) is 19.0 Å². The van der Waals surface area contributed by atoms with Crippen molar-refractivity contribution in [2.45, 2.75) is 20.8 Å². The minimum absolute atomic E-state index is 0. The van der Waals surface area contributed by atoms with Crippen LogP contribution in [0.2, 0.25) is 0 Å². The fraction of sp³-hybridized carbons (Fsp3) is 0.800. The van der Waals surface area contributed by atoms with Crippen molar-refractivity contribution in [1.29, 1.82) is 0 Å². The molecule has 4 N–H and O–H groups in total. The monoisotopic (exact) mass is 251 g/mol. The molecule has 0 aliphatic rings. The third kappa shape index (κ3) is 6.63. The van der Waals surface area contributed by atoms with Crippen LogP contribution in [0.1, 0.15) is 20.8 Å². The topological polar surface area (TPSA) is 89.4 Å². The van der Waals surface area contributed by atoms with Crippen molar-refractivity contribution in [1.82, 2.24) is 4.90 Å². The van der Waals surface area contributed by atoms with E-state index in [1.165, 1.54) is 4.90 Å². The largest absolute Gasteiger partial charge is 0.368 e. The van der Waals surface area contributed by atoms with Gasteiger partial charge in [0.25, 0.3) is 0 Å². The molecule has 5 nitrogen and oxygen atoms in total. The summed E-state index contributed by atoms with van der Waals surface area (Å²) in [5.41, 5.74) is 10.5. The molecule has 0 bridgehead atoms. The molecule has 0 aromatic carbocycles. The lowest BCUT2D eigenvalue weighted by atomic mass is 10.1. The van der Waals surface area contributed by atoms with E-state index in [0.717, 1.165) is 0 Å². The molecule has 16 heavy (non-hydrogen) atoms. The molecule has 96 valence electrons. The molecule has 0 aromatic heterocycles. The van der Waals surface area contributed by atoms with Gasteiger partial charge in [0.15, 0.2) is 0 Å². The summed E-state index contributed by atoms with van der Waals surface area (Å²) >= 11 is 0. The molecule has 6 heteroatoms. The zero-order chi connectivity index (χ0) is 12.0. The van der Waals surface area contributed by atoms with Crippen molar-refractivity contribution in [2.24, 2.45) is 23.3 Å². The summed E-state index contributed by atoms with van der Waals surface area (Å²) in [4.78, 5) is 24.1. The minimum atomic E-state index is -0.492. The molecular weight excluding hydrogens is 230 g/mol. The van der Waals surface area contributed by atoms with Gasteiger partial charge < -0.3 is 16.4 Å². The van der Waals surface area contributed by atoms with Gasteiger partial charge in [-0.3, -0.25) is 9.59 Å². The van der Waals surface area contributed by atoms with Gasteiger partial charge in [-0.25, -0.2) is 0 Å². The standard InChI is InChI=1S/C10H21N3O2.ClH/c1-7(2)5-13(6-9(12)14)10(15)8(3)4-11;/h7-8H,4-6,11H2,1-3H3,(H2,12,14);1H. The number of hydrogen-bond acceptors (Lipinski definition) is 3. The normalized spacial score (nSPS) is 11.8. The van der Waals surface area contributed by atoms with Crippen molar-refractivity contribution in [3.8, 4) is 0 Å². The summed E-state index contributed by atoms with van der Waals surface area (Å²) in [5.74, 6) is -0.556. The number of rotatable bonds is 6. The van der Waals surface area contributed by atoms with Crippen molar-refractivity contribution < 1.29 is 9.59 Å². The van der Waals surface area contributed by atoms with E-state index in [9.17, 15) is 9.59 Å². The molecule has 1 unspecified atom stereocenters. The summed E-state index contributed by atoms with van der Waals surface area (Å²) in [6.07, 6.45) is 0. The lowest BCUT2D eigenvalue weighted by Gasteiger charge is -2.25. The number of halogens is 1. The lowest BCUT2D eigenvalue weighted by molar-refractivity contribution is -0.138. The van der Waals surface area contributed by atoms with Crippen LogP contribution in [0.4, 0.5) is 0 Å². The van der Waals surface area contributed by atoms with Crippen LogP contribution in [0.5, 0.6) is 0 Å². The van der Waals surface area contributed by atoms with Gasteiger partial charge in [0.05, 0.1) is 6.54 Å². The molecule has 0 saturated carbocycles. The number of hydrogen-bond donors (Lipinski definition) is 2. The number of amides is 2. The van der Waals surface area contributed by atoms with Gasteiger partial charge in [-0.2, -0.15) is 0 Å². The summed E-state index contributed by atoms with van der Waals surface area (Å²) < 4.78 is 0. The highest BCUT2D eigenvalue weighted by Gasteiger charge is 2.21. The second-order valence-electron chi connectivity index (χ2n) is 4.22. The van der Waals surface area contributed by atoms with Crippen LogP contribution >= 0.6 is 12.4 Å². The Kier molecular flexibility index (Phi) is 9.18. The first-order valence-electron chi connectivity index (χ1n) is 5.15. The Bertz CT molecular complexity index is 234. The highest BCUT2D eigenvalue weighted by atomic mass is 35.5. The van der Waals surface area contributed by atoms with Gasteiger partial charge in [-0.1, -0.05) is 20.8 Å². The van der Waals surface area contributed by atoms with E-state index in [0.29, 0.717) is 12.5 Å². The predicted octanol–water partition coefficient (Wildman–Crippen LogP) is -0.0271. The van der Waals surface area contributed by atoms with E-state index in [-0.39, 0.29) is 37.3 Å². The highest BCUT2D eigenvalue weighted by Crippen LogP contribution is 2.04. The van der Waals surface area contributed by atoms with E-state index in [2.05, 4.69) is 0 Å². The van der Waals surface area contributed by atoms with Crippen LogP contribution in [0.15, 0.2) is 0 Å². The second-order valence-corrected chi connectivity index (χ2v) is 4.22. The maximum Gasteiger partial charge on any atom is 0.237 e. The Morgan fingerprint density at radius 3 is 2.06 bits per heavy atom. The molecule has 0 aliphatic heterocycles. The zero-order valence-corrected chi connectivity index (χ0v) is 10.9. The molecule has 0 radical (unpaired) electrons. The summed E-state index contributed by atoms with van der Waals surface area (Å²) in [5, 5.41) is 0. The third-order valence-corrected chi connectivity index (χ3v) is 2.02. The third-order valence-electron chi connectivity index (χ3n) is 2.02. The van der Waals surface area contributed by atoms with Gasteiger partial charge >= 0.3 is 0 Å². The SMILES string of the molecule is CC(C)CN(CC(N)=O)C(=O)C(C)CN.Cl. The molecule has 0 rings (SSSR count). The fourth-order valence-corrected chi connectivity index (χ4v) is 1.27. The number of nitrogens with two attached hydrogens (primary N) is 2. The molecule has 0 saturated heterocycles. The molecule has 1 atom stereocenters. The minimum Gasteiger partial charge on any atom is -0.368 e. The molecule has 2 amide bonds. The number of nitrogens with zero attached hydrogens (tertiary/aromatic N) is 1. The number of carbonyl (C=O) groups is 2. The summed E-state index contributed by atoms with van der Waals surface area (Å²) in [6.45, 7) is 6.50. The Hall–Kier alpha value is -0.810. The van der Waals surface area contributed by atoms with Crippen LogP contribution in [0.3, 0.4) is 0 Å². The predicted molar refractivity (Wildman–Crippen MR) is 66.1 cm³/mol. The van der Waals surface area contributed by atoms with Crippen molar-refractivity contribution in [2.75, 3.05) is 19.6 Å². The Labute approximate surface area is 103 Å². The van der Waals surface area contributed by atoms with Crippen LogP contribution in [0, 0.1) is 11.8 Å². The van der Waals surface area contributed by atoms with Crippen molar-refractivity contribution in [3.05, 3.63) is 0 Å². The number of carbonyl (C=O) groups excluding carboxylic acids is 2. The Morgan fingerprint density at radius 2 is 1.75 bits per heavy atom. The molecule has 0 aliphatic carbocycles. The van der Waals surface area contributed by atoms with Gasteiger partial charge in [0.1, 0.15) is 0 Å². The average molecular weight is 252 g/mol. The van der Waals surface area contributed by atoms with Gasteiger partial charge in [0.2, 0.25) is 11.8 Å². The van der Waals surface area contributed by atoms with E-state index in [1.807, 2.05) is 13.8 Å². The van der Waals surface area contributed by atoms with Crippen LogP contribution in [0.25, 0.3) is 0 Å². The van der Waals surface area contributed by atoms with Crippen LogP contribution in [-0.2, 0) is 9.59 Å². The van der Waals surface area contributed by atoms with Crippen molar-refractivity contribution in [3.63, 3.8) is 0 Å². The fourth-order valence-electron chi connectivity index (χ4n) is 1.27. The number of primary amides is 1. The average Bonchev–Trinajstić information content (AvgIpc) is 2.13. The van der Waals surface area contributed by atoms with E-state index >= 15 is 0 Å². The molecule has 0 spiro atoms. The quantitative estimate of drug-likeness (QED) is 0.695. The summed E-state index contributed by atoms with van der Waals surface area (Å²) in [6, 6.07) is 0. The maximum absolute atomic E-state index is 11.8. The summed E-state index contributed by atoms with van der Waals surface area (Å²) in [7, 11) is 0. The Morgan fingerprint density at radius 1 is 1.25 bits per heavy atom. The molecule has 0 aromatic rings. The first-order chi connectivity index (χ1) is 6.88. The zero-order valence-electron chi connectivity index (χ0n) is 10.1. The molecule has 0 fully saturated rings. The van der Waals surface area contributed by atoms with Gasteiger partial charge in [-0.05, 0) is 5.92 Å². The Balaban J connectivity index is 0. The van der Waals surface area contributed by atoms with E-state index < -0.39 is 5.91 Å².